The van der Waals surface area contributed by atoms with Crippen molar-refractivity contribution < 1.29 is 4.74 Å². The van der Waals surface area contributed by atoms with Gasteiger partial charge < -0.3 is 10.1 Å². The number of hydrogen-bond donors (Lipinski definition) is 1. The molecule has 0 aromatic heterocycles. The minimum atomic E-state index is 0.456. The molecule has 94 valence electrons. The van der Waals surface area contributed by atoms with E-state index in [-0.39, 0.29) is 0 Å². The molecule has 0 amide bonds. The largest absolute Gasteiger partial charge is 0.378 e. The lowest BCUT2D eigenvalue weighted by Crippen LogP contribution is -2.45. The van der Waals surface area contributed by atoms with Gasteiger partial charge >= 0.3 is 0 Å². The van der Waals surface area contributed by atoms with Crippen LogP contribution in [0, 0.1) is 0 Å². The van der Waals surface area contributed by atoms with Gasteiger partial charge in [0.25, 0.3) is 0 Å². The van der Waals surface area contributed by atoms with Crippen LogP contribution in [0.1, 0.15) is 25.3 Å². The Morgan fingerprint density at radius 3 is 2.88 bits per heavy atom. The van der Waals surface area contributed by atoms with Crippen LogP contribution in [0.3, 0.4) is 0 Å². The summed E-state index contributed by atoms with van der Waals surface area (Å²) in [5.74, 6) is 0. The topological polar surface area (TPSA) is 21.3 Å². The zero-order valence-electron chi connectivity index (χ0n) is 9.88. The molecule has 1 aromatic carbocycles. The van der Waals surface area contributed by atoms with Crippen LogP contribution in [0.25, 0.3) is 0 Å². The van der Waals surface area contributed by atoms with Gasteiger partial charge in [-0.3, -0.25) is 0 Å². The first-order chi connectivity index (χ1) is 8.19. The van der Waals surface area contributed by atoms with Crippen LogP contribution in [-0.2, 0) is 11.3 Å². The van der Waals surface area contributed by atoms with Gasteiger partial charge in [0, 0.05) is 28.7 Å². The molecule has 0 saturated heterocycles. The van der Waals surface area contributed by atoms with E-state index >= 15 is 0 Å². The van der Waals surface area contributed by atoms with Crippen molar-refractivity contribution in [3.05, 3.63) is 33.3 Å². The third-order valence-electron chi connectivity index (χ3n) is 3.09. The molecule has 2 nitrogen and oxygen atoms in total. The van der Waals surface area contributed by atoms with Crippen molar-refractivity contribution in [2.24, 2.45) is 0 Å². The zero-order chi connectivity index (χ0) is 12.3. The normalized spacial score (nSPS) is 23.5. The third-order valence-corrected chi connectivity index (χ3v) is 3.94. The lowest BCUT2D eigenvalue weighted by molar-refractivity contribution is -0.0102. The number of halogens is 2. The van der Waals surface area contributed by atoms with E-state index in [4.69, 9.17) is 16.3 Å². The smallest absolute Gasteiger partial charge is 0.0604 e. The first-order valence-corrected chi connectivity index (χ1v) is 7.15. The average Bonchev–Trinajstić information content (AvgIpc) is 2.23. The lowest BCUT2D eigenvalue weighted by atomic mass is 9.89. The van der Waals surface area contributed by atoms with Gasteiger partial charge in [-0.25, -0.2) is 0 Å². The first-order valence-electron chi connectivity index (χ1n) is 5.98. The monoisotopic (exact) mass is 317 g/mol. The van der Waals surface area contributed by atoms with Crippen LogP contribution in [0.2, 0.25) is 5.02 Å². The van der Waals surface area contributed by atoms with Crippen molar-refractivity contribution in [3.8, 4) is 0 Å². The molecule has 1 N–H and O–H groups in total. The summed E-state index contributed by atoms with van der Waals surface area (Å²) in [7, 11) is 0. The summed E-state index contributed by atoms with van der Waals surface area (Å²) in [4.78, 5) is 0. The number of nitrogens with one attached hydrogen (secondary N) is 1. The third kappa shape index (κ3) is 3.68. The molecule has 0 spiro atoms. The van der Waals surface area contributed by atoms with Gasteiger partial charge in [0.2, 0.25) is 0 Å². The second kappa shape index (κ2) is 6.19. The van der Waals surface area contributed by atoms with Crippen molar-refractivity contribution in [1.29, 1.82) is 0 Å². The Balaban J connectivity index is 1.76. The first kappa shape index (κ1) is 13.3. The Bertz CT molecular complexity index is 380. The maximum Gasteiger partial charge on any atom is 0.0604 e. The molecular weight excluding hydrogens is 302 g/mol. The van der Waals surface area contributed by atoms with E-state index in [2.05, 4.69) is 27.3 Å². The van der Waals surface area contributed by atoms with Crippen LogP contribution >= 0.6 is 27.5 Å². The van der Waals surface area contributed by atoms with E-state index < -0.39 is 0 Å². The van der Waals surface area contributed by atoms with E-state index in [0.29, 0.717) is 12.1 Å². The van der Waals surface area contributed by atoms with Crippen molar-refractivity contribution in [3.63, 3.8) is 0 Å². The van der Waals surface area contributed by atoms with Crippen LogP contribution in [0.5, 0.6) is 0 Å². The Morgan fingerprint density at radius 1 is 1.47 bits per heavy atom. The maximum atomic E-state index is 6.16. The minimum absolute atomic E-state index is 0.456. The standard InChI is InChI=1S/C13H17BrClNO/c1-2-17-12-6-11(7-12)16-8-9-3-4-10(14)5-13(9)15/h3-5,11-12,16H,2,6-8H2,1H3. The fourth-order valence-electron chi connectivity index (χ4n) is 2.02. The van der Waals surface area contributed by atoms with Crippen molar-refractivity contribution in [2.45, 2.75) is 38.5 Å². The van der Waals surface area contributed by atoms with Crippen molar-refractivity contribution in [2.75, 3.05) is 6.61 Å². The zero-order valence-corrected chi connectivity index (χ0v) is 12.2. The van der Waals surface area contributed by atoms with E-state index in [0.717, 1.165) is 41.1 Å². The fourth-order valence-corrected chi connectivity index (χ4v) is 2.76. The van der Waals surface area contributed by atoms with Gasteiger partial charge in [0.1, 0.15) is 0 Å². The van der Waals surface area contributed by atoms with Gasteiger partial charge in [0.05, 0.1) is 6.10 Å². The van der Waals surface area contributed by atoms with E-state index in [9.17, 15) is 0 Å². The maximum absolute atomic E-state index is 6.16. The van der Waals surface area contributed by atoms with Crippen molar-refractivity contribution in [1.82, 2.24) is 5.32 Å². The Hall–Kier alpha value is -0.0900. The summed E-state index contributed by atoms with van der Waals surface area (Å²) in [6, 6.07) is 6.58. The number of hydrogen-bond acceptors (Lipinski definition) is 2. The molecule has 0 aliphatic heterocycles. The Labute approximate surface area is 116 Å². The SMILES string of the molecule is CCOC1CC(NCc2ccc(Br)cc2Cl)C1. The molecule has 1 fully saturated rings. The Kier molecular flexibility index (Phi) is 4.86. The van der Waals surface area contributed by atoms with E-state index in [1.165, 1.54) is 0 Å². The average molecular weight is 319 g/mol. The second-order valence-electron chi connectivity index (χ2n) is 4.36. The molecule has 0 unspecified atom stereocenters. The molecule has 0 radical (unpaired) electrons. The molecule has 1 aliphatic rings. The number of ether oxygens (including phenoxy) is 1. The second-order valence-corrected chi connectivity index (χ2v) is 5.69. The fraction of sp³-hybridized carbons (Fsp3) is 0.538. The highest BCUT2D eigenvalue weighted by molar-refractivity contribution is 9.10. The van der Waals surface area contributed by atoms with Gasteiger partial charge in [-0.1, -0.05) is 33.6 Å². The van der Waals surface area contributed by atoms with Gasteiger partial charge in [-0.05, 0) is 37.5 Å². The molecular formula is C13H17BrClNO. The van der Waals surface area contributed by atoms with Gasteiger partial charge in [-0.2, -0.15) is 0 Å². The van der Waals surface area contributed by atoms with Crippen LogP contribution < -0.4 is 5.32 Å². The molecule has 1 aliphatic carbocycles. The number of benzene rings is 1. The quantitative estimate of drug-likeness (QED) is 0.892. The highest BCUT2D eigenvalue weighted by atomic mass is 79.9. The number of rotatable bonds is 5. The summed E-state index contributed by atoms with van der Waals surface area (Å²) < 4.78 is 6.55. The molecule has 0 bridgehead atoms. The van der Waals surface area contributed by atoms with Crippen LogP contribution in [0.15, 0.2) is 22.7 Å². The molecule has 2 rings (SSSR count). The van der Waals surface area contributed by atoms with Gasteiger partial charge in [-0.15, -0.1) is 0 Å². The minimum Gasteiger partial charge on any atom is -0.378 e. The highest BCUT2D eigenvalue weighted by Gasteiger charge is 2.28. The summed E-state index contributed by atoms with van der Waals surface area (Å²) >= 11 is 9.56. The molecule has 0 heterocycles. The molecule has 0 atom stereocenters. The van der Waals surface area contributed by atoms with Crippen LogP contribution in [-0.4, -0.2) is 18.8 Å². The molecule has 1 saturated carbocycles. The lowest BCUT2D eigenvalue weighted by Gasteiger charge is -2.35. The molecule has 4 heteroatoms. The van der Waals surface area contributed by atoms with E-state index in [1.54, 1.807) is 0 Å². The summed E-state index contributed by atoms with van der Waals surface area (Å²) in [6.07, 6.45) is 2.68. The highest BCUT2D eigenvalue weighted by Crippen LogP contribution is 2.25. The molecule has 1 aromatic rings. The van der Waals surface area contributed by atoms with Gasteiger partial charge in [0.15, 0.2) is 0 Å². The summed E-state index contributed by atoms with van der Waals surface area (Å²) in [5, 5.41) is 4.32. The Morgan fingerprint density at radius 2 is 2.24 bits per heavy atom. The van der Waals surface area contributed by atoms with Crippen molar-refractivity contribution >= 4 is 27.5 Å². The van der Waals surface area contributed by atoms with E-state index in [1.807, 2.05) is 19.1 Å². The molecule has 17 heavy (non-hydrogen) atoms. The summed E-state index contributed by atoms with van der Waals surface area (Å²) in [6.45, 7) is 3.69. The summed E-state index contributed by atoms with van der Waals surface area (Å²) in [5.41, 5.74) is 1.15. The predicted molar refractivity (Wildman–Crippen MR) is 74.4 cm³/mol. The predicted octanol–water partition coefficient (Wildman–Crippen LogP) is 3.76. The van der Waals surface area contributed by atoms with Crippen LogP contribution in [0.4, 0.5) is 0 Å².